The van der Waals surface area contributed by atoms with Crippen LogP contribution in [0.5, 0.6) is 5.75 Å². The number of hydrogen-bond acceptors (Lipinski definition) is 2. The first-order valence-electron chi connectivity index (χ1n) is 7.27. The minimum absolute atomic E-state index is 0.00220. The van der Waals surface area contributed by atoms with Crippen LogP contribution in [0.25, 0.3) is 0 Å². The molecule has 1 N–H and O–H groups in total. The molecule has 112 valence electrons. The van der Waals surface area contributed by atoms with Crippen LogP contribution in [0.2, 0.25) is 0 Å². The number of hydrogen-bond donors (Lipinski definition) is 1. The second kappa shape index (κ2) is 6.53. The molecule has 0 aromatic heterocycles. The van der Waals surface area contributed by atoms with E-state index in [4.69, 9.17) is 0 Å². The zero-order valence-electron chi connectivity index (χ0n) is 12.2. The standard InChI is InChI=1S/C16H23F2NO/c1-12(19-11-16(2)9-5-6-10-16)13-7-3-4-8-14(13)20-15(17)18/h3-4,7-8,12,15,19H,5-6,9-11H2,1-2H3. The molecule has 0 bridgehead atoms. The van der Waals surface area contributed by atoms with Crippen molar-refractivity contribution in [3.63, 3.8) is 0 Å². The average Bonchev–Trinajstić information content (AvgIpc) is 2.83. The molecular formula is C16H23F2NO. The molecule has 0 spiro atoms. The van der Waals surface area contributed by atoms with Gasteiger partial charge in [-0.2, -0.15) is 8.78 Å². The van der Waals surface area contributed by atoms with E-state index in [0.29, 0.717) is 5.41 Å². The number of alkyl halides is 2. The summed E-state index contributed by atoms with van der Waals surface area (Å²) in [6, 6.07) is 7.00. The van der Waals surface area contributed by atoms with Crippen LogP contribution in [0.4, 0.5) is 8.78 Å². The molecule has 20 heavy (non-hydrogen) atoms. The Balaban J connectivity index is 1.99. The summed E-state index contributed by atoms with van der Waals surface area (Å²) < 4.78 is 29.4. The first-order chi connectivity index (χ1) is 9.50. The van der Waals surface area contributed by atoms with Crippen molar-refractivity contribution >= 4 is 0 Å². The third-order valence-corrected chi connectivity index (χ3v) is 4.25. The van der Waals surface area contributed by atoms with Gasteiger partial charge in [0.1, 0.15) is 5.75 Å². The van der Waals surface area contributed by atoms with E-state index in [1.54, 1.807) is 12.1 Å². The van der Waals surface area contributed by atoms with Crippen molar-refractivity contribution in [1.29, 1.82) is 0 Å². The Bertz CT molecular complexity index is 430. The Morgan fingerprint density at radius 2 is 1.90 bits per heavy atom. The van der Waals surface area contributed by atoms with Gasteiger partial charge >= 0.3 is 6.61 Å². The Morgan fingerprint density at radius 1 is 1.25 bits per heavy atom. The number of ether oxygens (including phenoxy) is 1. The van der Waals surface area contributed by atoms with Gasteiger partial charge in [-0.1, -0.05) is 38.0 Å². The molecule has 4 heteroatoms. The van der Waals surface area contributed by atoms with Crippen molar-refractivity contribution < 1.29 is 13.5 Å². The van der Waals surface area contributed by atoms with Gasteiger partial charge in [0.15, 0.2) is 0 Å². The summed E-state index contributed by atoms with van der Waals surface area (Å²) in [5.74, 6) is 0.263. The lowest BCUT2D eigenvalue weighted by Gasteiger charge is -2.27. The molecule has 0 saturated heterocycles. The molecular weight excluding hydrogens is 260 g/mol. The van der Waals surface area contributed by atoms with E-state index in [1.165, 1.54) is 25.7 Å². The normalized spacial score (nSPS) is 19.2. The monoisotopic (exact) mass is 283 g/mol. The lowest BCUT2D eigenvalue weighted by molar-refractivity contribution is -0.0506. The fourth-order valence-electron chi connectivity index (χ4n) is 2.96. The maximum Gasteiger partial charge on any atom is 0.387 e. The number of halogens is 2. The minimum Gasteiger partial charge on any atom is -0.434 e. The molecule has 0 aliphatic heterocycles. The number of nitrogens with one attached hydrogen (secondary N) is 1. The summed E-state index contributed by atoms with van der Waals surface area (Å²) in [4.78, 5) is 0. The number of para-hydroxylation sites is 1. The maximum absolute atomic E-state index is 12.4. The summed E-state index contributed by atoms with van der Waals surface area (Å²) in [5, 5.41) is 3.47. The molecule has 1 aromatic rings. The van der Waals surface area contributed by atoms with Crippen molar-refractivity contribution in [2.45, 2.75) is 52.2 Å². The van der Waals surface area contributed by atoms with Crippen molar-refractivity contribution in [3.8, 4) is 5.75 Å². The van der Waals surface area contributed by atoms with Gasteiger partial charge in [0.2, 0.25) is 0 Å². The fourth-order valence-corrected chi connectivity index (χ4v) is 2.96. The topological polar surface area (TPSA) is 21.3 Å². The first kappa shape index (κ1) is 15.2. The Labute approximate surface area is 119 Å². The van der Waals surface area contributed by atoms with E-state index < -0.39 is 6.61 Å². The highest BCUT2D eigenvalue weighted by molar-refractivity contribution is 5.35. The summed E-state index contributed by atoms with van der Waals surface area (Å²) >= 11 is 0. The van der Waals surface area contributed by atoms with E-state index in [-0.39, 0.29) is 11.8 Å². The van der Waals surface area contributed by atoms with Crippen LogP contribution in [0.3, 0.4) is 0 Å². The molecule has 0 radical (unpaired) electrons. The largest absolute Gasteiger partial charge is 0.434 e. The van der Waals surface area contributed by atoms with E-state index in [9.17, 15) is 8.78 Å². The zero-order chi connectivity index (χ0) is 14.6. The summed E-state index contributed by atoms with van der Waals surface area (Å²) in [5.41, 5.74) is 1.13. The average molecular weight is 283 g/mol. The molecule has 2 nitrogen and oxygen atoms in total. The molecule has 1 aliphatic rings. The highest BCUT2D eigenvalue weighted by Gasteiger charge is 2.29. The zero-order valence-corrected chi connectivity index (χ0v) is 12.2. The van der Waals surface area contributed by atoms with Crippen molar-refractivity contribution in [1.82, 2.24) is 5.32 Å². The van der Waals surface area contributed by atoms with E-state index >= 15 is 0 Å². The molecule has 2 rings (SSSR count). The third kappa shape index (κ3) is 3.92. The van der Waals surface area contributed by atoms with Crippen LogP contribution >= 0.6 is 0 Å². The highest BCUT2D eigenvalue weighted by atomic mass is 19.3. The molecule has 1 aromatic carbocycles. The van der Waals surface area contributed by atoms with Crippen LogP contribution in [-0.4, -0.2) is 13.2 Å². The number of rotatable bonds is 6. The van der Waals surface area contributed by atoms with E-state index in [2.05, 4.69) is 17.0 Å². The predicted octanol–water partition coefficient (Wildman–Crippen LogP) is 4.52. The molecule has 1 unspecified atom stereocenters. The predicted molar refractivity (Wildman–Crippen MR) is 76.1 cm³/mol. The van der Waals surface area contributed by atoms with Crippen molar-refractivity contribution in [2.75, 3.05) is 6.54 Å². The second-order valence-electron chi connectivity index (χ2n) is 6.04. The lowest BCUT2D eigenvalue weighted by Crippen LogP contribution is -2.31. The van der Waals surface area contributed by atoms with Gasteiger partial charge in [-0.25, -0.2) is 0 Å². The molecule has 0 amide bonds. The maximum atomic E-state index is 12.4. The van der Waals surface area contributed by atoms with Gasteiger partial charge < -0.3 is 10.1 Å². The van der Waals surface area contributed by atoms with E-state index in [0.717, 1.165) is 12.1 Å². The number of benzene rings is 1. The van der Waals surface area contributed by atoms with Crippen molar-refractivity contribution in [3.05, 3.63) is 29.8 Å². The summed E-state index contributed by atoms with van der Waals surface area (Å²) in [7, 11) is 0. The van der Waals surface area contributed by atoms with Gasteiger partial charge in [-0.05, 0) is 31.2 Å². The fraction of sp³-hybridized carbons (Fsp3) is 0.625. The molecule has 1 aliphatic carbocycles. The molecule has 0 heterocycles. The van der Waals surface area contributed by atoms with Crippen molar-refractivity contribution in [2.24, 2.45) is 5.41 Å². The van der Waals surface area contributed by atoms with Crippen LogP contribution in [0.15, 0.2) is 24.3 Å². The van der Waals surface area contributed by atoms with E-state index in [1.807, 2.05) is 19.1 Å². The molecule has 1 atom stereocenters. The van der Waals surface area contributed by atoms with Crippen LogP contribution in [-0.2, 0) is 0 Å². The first-order valence-corrected chi connectivity index (χ1v) is 7.27. The Kier molecular flexibility index (Phi) is 4.97. The molecule has 1 fully saturated rings. The molecule has 1 saturated carbocycles. The van der Waals surface area contributed by atoms with Gasteiger partial charge in [0.25, 0.3) is 0 Å². The van der Waals surface area contributed by atoms with Crippen LogP contribution < -0.4 is 10.1 Å². The van der Waals surface area contributed by atoms with Gasteiger partial charge in [-0.3, -0.25) is 0 Å². The van der Waals surface area contributed by atoms with Gasteiger partial charge in [0, 0.05) is 18.2 Å². The van der Waals surface area contributed by atoms with Crippen LogP contribution in [0, 0.1) is 5.41 Å². The second-order valence-corrected chi connectivity index (χ2v) is 6.04. The van der Waals surface area contributed by atoms with Crippen LogP contribution in [0.1, 0.15) is 51.1 Å². The summed E-state index contributed by atoms with van der Waals surface area (Å²) in [6.45, 7) is 2.42. The highest BCUT2D eigenvalue weighted by Crippen LogP contribution is 2.37. The van der Waals surface area contributed by atoms with Gasteiger partial charge in [-0.15, -0.1) is 0 Å². The quantitative estimate of drug-likeness (QED) is 0.829. The van der Waals surface area contributed by atoms with Gasteiger partial charge in [0.05, 0.1) is 0 Å². The Hall–Kier alpha value is -1.16. The lowest BCUT2D eigenvalue weighted by atomic mass is 9.88. The smallest absolute Gasteiger partial charge is 0.387 e. The minimum atomic E-state index is -2.78. The summed E-state index contributed by atoms with van der Waals surface area (Å²) in [6.07, 6.45) is 5.05. The Morgan fingerprint density at radius 3 is 2.55 bits per heavy atom. The third-order valence-electron chi connectivity index (χ3n) is 4.25. The SMILES string of the molecule is CC(NCC1(C)CCCC1)c1ccccc1OC(F)F.